The highest BCUT2D eigenvalue weighted by molar-refractivity contribution is 6.39. The van der Waals surface area contributed by atoms with Gasteiger partial charge in [0.1, 0.15) is 36.3 Å². The Hall–Kier alpha value is -10.7. The second-order valence-corrected chi connectivity index (χ2v) is 50.8. The Morgan fingerprint density at radius 2 is 0.698 bits per heavy atom. The molecule has 7 aliphatic carbocycles. The first-order valence-corrected chi connectivity index (χ1v) is 55.7. The van der Waals surface area contributed by atoms with Crippen LogP contribution >= 0.6 is 0 Å². The largest absolute Gasteiger partial charge is 0.346 e. The molecule has 13 fully saturated rings. The molecule has 38 nitrogen and oxygen atoms in total. The molecule has 0 bridgehead atoms. The first-order valence-electron chi connectivity index (χ1n) is 55.7. The summed E-state index contributed by atoms with van der Waals surface area (Å²) in [5.74, 6) is -6.30. The van der Waals surface area contributed by atoms with Gasteiger partial charge in [0.15, 0.2) is 0 Å². The van der Waals surface area contributed by atoms with Crippen molar-refractivity contribution in [1.82, 2.24) is 104 Å². The van der Waals surface area contributed by atoms with Gasteiger partial charge in [0.25, 0.3) is 17.7 Å². The zero-order valence-corrected chi connectivity index (χ0v) is 92.7. The van der Waals surface area contributed by atoms with Gasteiger partial charge in [-0.15, -0.1) is 19.7 Å². The van der Waals surface area contributed by atoms with Gasteiger partial charge in [0, 0.05) is 98.0 Å². The Bertz CT molecular complexity index is 4870. The fraction of sp³-hybridized carbons (Fsp3) is 0.784. The molecule has 149 heavy (non-hydrogen) atoms. The Kier molecular flexibility index (Phi) is 40.0. The molecular weight excluding hydrogens is 1900 g/mol. The maximum absolute atomic E-state index is 14.7. The topological polar surface area (TPSA) is 495 Å². The van der Waals surface area contributed by atoms with Crippen LogP contribution in [0.5, 0.6) is 0 Å². The number of nitrogens with zero attached hydrogens (tertiary/aromatic N) is 6. The van der Waals surface area contributed by atoms with Crippen LogP contribution in [0.4, 0.5) is 24.0 Å². The summed E-state index contributed by atoms with van der Waals surface area (Å²) in [4.78, 5) is 253. The van der Waals surface area contributed by atoms with Crippen LogP contribution in [0.1, 0.15) is 292 Å². The lowest BCUT2D eigenvalue weighted by Gasteiger charge is -2.40. The Labute approximate surface area is 883 Å². The fourth-order valence-corrected chi connectivity index (χ4v) is 24.5. The minimum Gasteiger partial charge on any atom is -0.346 e. The van der Waals surface area contributed by atoms with Crippen molar-refractivity contribution in [3.63, 3.8) is 0 Å². The number of urea groups is 5. The van der Waals surface area contributed by atoms with Gasteiger partial charge in [-0.3, -0.25) is 62.3 Å². The van der Waals surface area contributed by atoms with Crippen molar-refractivity contribution in [1.29, 1.82) is 0 Å². The van der Waals surface area contributed by atoms with Gasteiger partial charge >= 0.3 is 30.2 Å². The van der Waals surface area contributed by atoms with E-state index in [4.69, 9.17) is 0 Å². The number of amides is 20. The van der Waals surface area contributed by atoms with E-state index in [9.17, 15) is 86.3 Å². The molecule has 7 saturated carbocycles. The van der Waals surface area contributed by atoms with Crippen molar-refractivity contribution in [3.05, 3.63) is 38.0 Å². The van der Waals surface area contributed by atoms with Gasteiger partial charge in [-0.2, -0.15) is 0 Å². The van der Waals surface area contributed by atoms with E-state index in [-0.39, 0.29) is 160 Å². The minimum atomic E-state index is -1.02. The predicted molar refractivity (Wildman–Crippen MR) is 566 cm³/mol. The molecule has 18 atom stereocenters. The molecule has 38 heteroatoms. The Morgan fingerprint density at radius 3 is 1.01 bits per heavy atom. The van der Waals surface area contributed by atoms with Crippen molar-refractivity contribution in [3.8, 4) is 0 Å². The number of carbonyl (C=O) groups excluding carboxylic acids is 18. The molecule has 20 amide bonds. The predicted octanol–water partition coefficient (Wildman–Crippen LogP) is 8.95. The third-order valence-corrected chi connectivity index (χ3v) is 35.0. The number of ketones is 3. The normalized spacial score (nSPS) is 25.6. The van der Waals surface area contributed by atoms with E-state index in [0.29, 0.717) is 97.7 Å². The van der Waals surface area contributed by atoms with Crippen LogP contribution in [0.3, 0.4) is 0 Å². The summed E-state index contributed by atoms with van der Waals surface area (Å²) in [6, 6.07) is -11.0. The van der Waals surface area contributed by atoms with Crippen LogP contribution in [0.2, 0.25) is 0 Å². The van der Waals surface area contributed by atoms with E-state index in [2.05, 4.69) is 136 Å². The summed E-state index contributed by atoms with van der Waals surface area (Å²) in [6.07, 6.45) is 25.0. The zero-order valence-electron chi connectivity index (χ0n) is 92.7. The van der Waals surface area contributed by atoms with Crippen LogP contribution < -0.4 is 74.4 Å². The number of piperidine rings is 4. The summed E-state index contributed by atoms with van der Waals surface area (Å²) in [5.41, 5.74) is -2.35. The molecule has 0 spiro atoms. The van der Waals surface area contributed by atoms with Gasteiger partial charge in [0.05, 0.1) is 36.3 Å². The third-order valence-electron chi connectivity index (χ3n) is 35.0. The molecule has 0 aromatic rings. The lowest BCUT2D eigenvalue weighted by Crippen LogP contribution is -2.63. The van der Waals surface area contributed by atoms with Gasteiger partial charge in [-0.1, -0.05) is 233 Å². The lowest BCUT2D eigenvalue weighted by molar-refractivity contribution is -0.145. The molecule has 13 rings (SSSR count). The Morgan fingerprint density at radius 1 is 0.376 bits per heavy atom. The SMILES string of the molecule is C=CCNC(=O)C(=O)C(CC1CCC1)NC(=O)[C@@H]1[C@@H]2[C@H](CN1C(=O)[C@@H](NC(=O)N[C@H](CN1CCCCC1=O)C(C)(C)C)C1CCCCC1)C2(C)C.C=CCNC(=O)C(=O)C(CC1CCC1)NC(=O)[C@@H]1[C@@H]2[C@H](CN1C(=O)[C@@H](NC(=O)N[C@H](CN1CCCNC1=O)C(C)(C)C)C(C)(C)C)C2(C)C.C=CCNC(=O)C(=O)C(CCC)NC(=O)[C@@H]1[C@@H]2[C@H](CN1C(=O)[C@@H](NC(=O)N[C@H](CN1CCCNC1=O)C(C)(C)C)C1CCCCC1)C2(C)C. The second kappa shape index (κ2) is 50.2. The van der Waals surface area contributed by atoms with Crippen molar-refractivity contribution >= 4 is 107 Å². The van der Waals surface area contributed by atoms with E-state index >= 15 is 0 Å². The first-order chi connectivity index (χ1) is 70.0. The fourth-order valence-electron chi connectivity index (χ4n) is 24.5. The summed E-state index contributed by atoms with van der Waals surface area (Å²) in [7, 11) is 0. The quantitative estimate of drug-likeness (QED) is 0.0200. The average molecular weight is 2080 g/mol. The highest BCUT2D eigenvalue weighted by atomic mass is 16.2. The average Bonchev–Trinajstić information content (AvgIpc) is 1.53. The Balaban J connectivity index is 0.000000212. The van der Waals surface area contributed by atoms with Crippen LogP contribution in [-0.2, 0) is 62.3 Å². The number of rotatable bonds is 41. The summed E-state index contributed by atoms with van der Waals surface area (Å²) < 4.78 is 0. The van der Waals surface area contributed by atoms with Crippen molar-refractivity contribution in [2.24, 2.45) is 97.1 Å². The zero-order chi connectivity index (χ0) is 110. The number of likely N-dealkylation sites (tertiary alicyclic amines) is 4. The molecule has 6 aliphatic heterocycles. The molecule has 13 aliphatic rings. The monoisotopic (exact) mass is 2080 g/mol. The molecule has 6 saturated heterocycles. The standard InChI is InChI=1S/C39H62N6O6.2C36H59N7O6/c1-7-19-40-35(49)33(47)27(21-24-14-13-15-24)41-34(48)32-30-26(39(30,5)6)22-45(32)36(50)31(25-16-9-8-10-17-25)43-37(51)42-28(38(2,3)4)23-44-20-12-11-18-29(44)46;1-10-15-37-30(46)27(44)23(18-21-13-11-14-21)39-29(45)26-25-22(36(25,8)9)19-43(26)31(47)28(35(5,6)7)41-32(48)40-24(34(2,3)4)20-42-17-12-16-38-33(42)49;1-8-14-24(29(44)31(46)37-17-9-2)39-30(45)28-26-23(36(26,6)7)20-43(28)32(47)27(22-15-11-10-12-16-22)41-33(48)40-25(35(3,4)5)21-42-19-13-18-38-34(42)49/h7,24-28,30-32H,1,8-23H2,2-6H3,(H,40,49)(H,41,48)(H2,42,43,51);10,21-26,28H,1,11-20H2,2-9H3,(H,37,46)(H,38,49)(H,39,45)(H2,40,41,48);9,22-28H,2,8,10-21H2,1,3-7H3,(H,37,46)(H,38,49)(H,39,45)(H2,40,41,48)/t26-,27?,28+,30-,31-,32-;22-,23?,24+,25-,26-,28+;23-,24?,25+,26-,27-,28-/m000/s1. The van der Waals surface area contributed by atoms with Crippen molar-refractivity contribution in [2.45, 2.75) is 365 Å². The third kappa shape index (κ3) is 29.6. The van der Waals surface area contributed by atoms with Crippen LogP contribution in [0.15, 0.2) is 38.0 Å². The van der Waals surface area contributed by atoms with Crippen LogP contribution in [0, 0.1) is 97.1 Å². The molecular formula is C111H180N20O18. The van der Waals surface area contributed by atoms with Gasteiger partial charge < -0.3 is 104 Å². The summed E-state index contributed by atoms with van der Waals surface area (Å²) in [5, 5.41) is 40.2. The molecule has 0 aromatic carbocycles. The maximum atomic E-state index is 14.7. The van der Waals surface area contributed by atoms with E-state index < -0.39 is 142 Å². The number of hydrogen-bond donors (Lipinski definition) is 14. The molecule has 0 aromatic heterocycles. The maximum Gasteiger partial charge on any atom is 0.317 e. The van der Waals surface area contributed by atoms with E-state index in [1.807, 2.05) is 94.9 Å². The first kappa shape index (κ1) is 119. The molecule has 3 unspecified atom stereocenters. The smallest absolute Gasteiger partial charge is 0.317 e. The summed E-state index contributed by atoms with van der Waals surface area (Å²) >= 11 is 0. The van der Waals surface area contributed by atoms with Gasteiger partial charge in [-0.25, -0.2) is 24.0 Å². The summed E-state index contributed by atoms with van der Waals surface area (Å²) in [6.45, 7) is 54.5. The number of Topliss-reactive ketones (excluding diaryl/α,β-unsaturated/α-hetero) is 3. The van der Waals surface area contributed by atoms with E-state index in [1.165, 1.54) is 18.2 Å². The van der Waals surface area contributed by atoms with E-state index in [1.54, 1.807) is 24.5 Å². The highest BCUT2D eigenvalue weighted by Crippen LogP contribution is 2.67. The number of hydrogen-bond acceptors (Lipinski definition) is 18. The number of fused-ring (bicyclic) bond motifs is 3. The molecule has 832 valence electrons. The molecule has 6 heterocycles. The number of carbonyl (C=O) groups is 18. The molecule has 0 radical (unpaired) electrons. The van der Waals surface area contributed by atoms with Crippen molar-refractivity contribution in [2.75, 3.05) is 91.6 Å². The lowest BCUT2D eigenvalue weighted by atomic mass is 9.80. The highest BCUT2D eigenvalue weighted by Gasteiger charge is 2.73. The molecule has 14 N–H and O–H groups in total. The van der Waals surface area contributed by atoms with Gasteiger partial charge in [-0.05, 0) is 168 Å². The van der Waals surface area contributed by atoms with Crippen molar-refractivity contribution < 1.29 is 86.3 Å². The number of nitrogens with one attached hydrogen (secondary N) is 14. The van der Waals surface area contributed by atoms with Crippen LogP contribution in [-0.4, -0.2) is 300 Å². The van der Waals surface area contributed by atoms with E-state index in [0.717, 1.165) is 128 Å². The second-order valence-electron chi connectivity index (χ2n) is 50.8. The van der Waals surface area contributed by atoms with Crippen LogP contribution in [0.25, 0.3) is 0 Å². The van der Waals surface area contributed by atoms with Gasteiger partial charge in [0.2, 0.25) is 58.7 Å². The minimum absolute atomic E-state index is 0.0797.